The predicted octanol–water partition coefficient (Wildman–Crippen LogP) is 3.07. The number of nitrogens with one attached hydrogen (secondary N) is 2. The lowest BCUT2D eigenvalue weighted by atomic mass is 10.1. The van der Waals surface area contributed by atoms with E-state index in [1.807, 2.05) is 42.2 Å². The molecule has 2 amide bonds. The Morgan fingerprint density at radius 2 is 1.59 bits per heavy atom. The van der Waals surface area contributed by atoms with Gasteiger partial charge in [0, 0.05) is 23.9 Å². The molecule has 32 heavy (non-hydrogen) atoms. The fourth-order valence-corrected chi connectivity index (χ4v) is 3.30. The lowest BCUT2D eigenvalue weighted by Crippen LogP contribution is -2.47. The van der Waals surface area contributed by atoms with Crippen molar-refractivity contribution in [1.29, 1.82) is 0 Å². The first kappa shape index (κ1) is 25.0. The third kappa shape index (κ3) is 6.88. The lowest BCUT2D eigenvalue weighted by Gasteiger charge is -2.27. The number of anilines is 1. The van der Waals surface area contributed by atoms with Crippen LogP contribution in [-0.4, -0.2) is 57.2 Å². The molecule has 2 rings (SSSR count). The number of para-hydroxylation sites is 1. The standard InChI is InChI=1S/C24H33N3O5/c1-6-12-27(17(2)24(29)26-19-10-8-7-9-11-19)16-23(28)25-15-18-13-21(31-4)22(32-5)14-20(18)30-3/h7-11,13-14,17H,6,12,15-16H2,1-5H3,(H,25,28)(H,26,29). The molecular formula is C24H33N3O5. The van der Waals surface area contributed by atoms with Crippen molar-refractivity contribution in [3.63, 3.8) is 0 Å². The zero-order chi connectivity index (χ0) is 23.5. The molecule has 0 saturated carbocycles. The second-order valence-corrected chi connectivity index (χ2v) is 7.30. The van der Waals surface area contributed by atoms with Crippen molar-refractivity contribution in [3.8, 4) is 17.2 Å². The second-order valence-electron chi connectivity index (χ2n) is 7.30. The Hall–Kier alpha value is -3.26. The highest BCUT2D eigenvalue weighted by atomic mass is 16.5. The van der Waals surface area contributed by atoms with Crippen molar-refractivity contribution in [2.24, 2.45) is 0 Å². The lowest BCUT2D eigenvalue weighted by molar-refractivity contribution is -0.125. The van der Waals surface area contributed by atoms with Crippen LogP contribution in [0.3, 0.4) is 0 Å². The molecule has 1 unspecified atom stereocenters. The van der Waals surface area contributed by atoms with E-state index >= 15 is 0 Å². The van der Waals surface area contributed by atoms with Crippen LogP contribution in [0.5, 0.6) is 17.2 Å². The summed E-state index contributed by atoms with van der Waals surface area (Å²) in [6.45, 7) is 4.80. The molecule has 2 aromatic carbocycles. The van der Waals surface area contributed by atoms with Crippen LogP contribution in [0.4, 0.5) is 5.69 Å². The highest BCUT2D eigenvalue weighted by Crippen LogP contribution is 2.34. The van der Waals surface area contributed by atoms with E-state index in [9.17, 15) is 9.59 Å². The Balaban J connectivity index is 2.01. The van der Waals surface area contributed by atoms with Crippen molar-refractivity contribution < 1.29 is 23.8 Å². The van der Waals surface area contributed by atoms with E-state index in [2.05, 4.69) is 10.6 Å². The van der Waals surface area contributed by atoms with Gasteiger partial charge in [-0.15, -0.1) is 0 Å². The Bertz CT molecular complexity index is 889. The Morgan fingerprint density at radius 3 is 2.19 bits per heavy atom. The molecule has 0 aromatic heterocycles. The fourth-order valence-electron chi connectivity index (χ4n) is 3.30. The SMILES string of the molecule is CCCN(CC(=O)NCc1cc(OC)c(OC)cc1OC)C(C)C(=O)Nc1ccccc1. The van der Waals surface area contributed by atoms with Crippen LogP contribution in [0, 0.1) is 0 Å². The van der Waals surface area contributed by atoms with Crippen LogP contribution < -0.4 is 24.8 Å². The number of methoxy groups -OCH3 is 3. The normalized spacial score (nSPS) is 11.6. The molecule has 2 N–H and O–H groups in total. The van der Waals surface area contributed by atoms with E-state index in [0.29, 0.717) is 23.8 Å². The number of benzene rings is 2. The van der Waals surface area contributed by atoms with Gasteiger partial charge in [0.15, 0.2) is 11.5 Å². The zero-order valence-electron chi connectivity index (χ0n) is 19.4. The fraction of sp³-hybridized carbons (Fsp3) is 0.417. The molecule has 0 aliphatic heterocycles. The zero-order valence-corrected chi connectivity index (χ0v) is 19.4. The minimum Gasteiger partial charge on any atom is -0.496 e. The molecule has 0 bridgehead atoms. The van der Waals surface area contributed by atoms with E-state index in [-0.39, 0.29) is 24.9 Å². The average molecular weight is 444 g/mol. The van der Waals surface area contributed by atoms with Crippen LogP contribution in [0.1, 0.15) is 25.8 Å². The van der Waals surface area contributed by atoms with Gasteiger partial charge in [-0.3, -0.25) is 14.5 Å². The molecular weight excluding hydrogens is 410 g/mol. The third-order valence-corrected chi connectivity index (χ3v) is 5.09. The van der Waals surface area contributed by atoms with E-state index < -0.39 is 6.04 Å². The molecule has 1 atom stereocenters. The van der Waals surface area contributed by atoms with Gasteiger partial charge in [0.05, 0.1) is 33.9 Å². The van der Waals surface area contributed by atoms with E-state index in [1.54, 1.807) is 40.4 Å². The molecule has 0 spiro atoms. The number of ether oxygens (including phenoxy) is 3. The van der Waals surface area contributed by atoms with Gasteiger partial charge in [0.2, 0.25) is 11.8 Å². The number of carbonyl (C=O) groups excluding carboxylic acids is 2. The van der Waals surface area contributed by atoms with Crippen molar-refractivity contribution in [2.75, 3.05) is 39.7 Å². The molecule has 0 fully saturated rings. The summed E-state index contributed by atoms with van der Waals surface area (Å²) in [6, 6.07) is 12.3. The number of nitrogens with zero attached hydrogens (tertiary/aromatic N) is 1. The molecule has 0 radical (unpaired) electrons. The Morgan fingerprint density at radius 1 is 0.969 bits per heavy atom. The minimum atomic E-state index is -0.462. The summed E-state index contributed by atoms with van der Waals surface area (Å²) in [6.07, 6.45) is 0.819. The van der Waals surface area contributed by atoms with E-state index in [1.165, 1.54) is 0 Å². The van der Waals surface area contributed by atoms with Gasteiger partial charge < -0.3 is 24.8 Å². The first-order chi connectivity index (χ1) is 15.4. The number of amides is 2. The van der Waals surface area contributed by atoms with Crippen LogP contribution in [0.2, 0.25) is 0 Å². The first-order valence-corrected chi connectivity index (χ1v) is 10.6. The monoisotopic (exact) mass is 443 g/mol. The van der Waals surface area contributed by atoms with Crippen LogP contribution in [0.15, 0.2) is 42.5 Å². The summed E-state index contributed by atoms with van der Waals surface area (Å²) in [5, 5.41) is 5.80. The van der Waals surface area contributed by atoms with E-state index in [4.69, 9.17) is 14.2 Å². The summed E-state index contributed by atoms with van der Waals surface area (Å²) in [5.74, 6) is 1.35. The topological polar surface area (TPSA) is 89.1 Å². The second kappa shape index (κ2) is 12.6. The Kier molecular flexibility index (Phi) is 9.81. The van der Waals surface area contributed by atoms with Crippen molar-refractivity contribution in [3.05, 3.63) is 48.0 Å². The molecule has 0 heterocycles. The molecule has 2 aromatic rings. The van der Waals surface area contributed by atoms with Crippen molar-refractivity contribution >= 4 is 17.5 Å². The highest BCUT2D eigenvalue weighted by Gasteiger charge is 2.23. The van der Waals surface area contributed by atoms with E-state index in [0.717, 1.165) is 17.7 Å². The molecule has 8 heteroatoms. The highest BCUT2D eigenvalue weighted by molar-refractivity contribution is 5.94. The maximum Gasteiger partial charge on any atom is 0.241 e. The number of hydrogen-bond donors (Lipinski definition) is 2. The molecule has 174 valence electrons. The maximum absolute atomic E-state index is 12.7. The number of hydrogen-bond acceptors (Lipinski definition) is 6. The van der Waals surface area contributed by atoms with Gasteiger partial charge in [-0.2, -0.15) is 0 Å². The molecule has 8 nitrogen and oxygen atoms in total. The smallest absolute Gasteiger partial charge is 0.241 e. The average Bonchev–Trinajstić information content (AvgIpc) is 2.81. The van der Waals surface area contributed by atoms with Crippen LogP contribution in [-0.2, 0) is 16.1 Å². The molecule has 0 aliphatic carbocycles. The summed E-state index contributed by atoms with van der Waals surface area (Å²) < 4.78 is 16.0. The van der Waals surface area contributed by atoms with Crippen molar-refractivity contribution in [2.45, 2.75) is 32.9 Å². The predicted molar refractivity (Wildman–Crippen MR) is 124 cm³/mol. The number of rotatable bonds is 12. The van der Waals surface area contributed by atoms with Crippen LogP contribution in [0.25, 0.3) is 0 Å². The minimum absolute atomic E-state index is 0.104. The summed E-state index contributed by atoms with van der Waals surface area (Å²) in [7, 11) is 4.66. The number of carbonyl (C=O) groups is 2. The largest absolute Gasteiger partial charge is 0.496 e. The van der Waals surface area contributed by atoms with Gasteiger partial charge in [-0.1, -0.05) is 25.1 Å². The summed E-state index contributed by atoms with van der Waals surface area (Å²) >= 11 is 0. The molecule has 0 aliphatic rings. The summed E-state index contributed by atoms with van der Waals surface area (Å²) in [5.41, 5.74) is 1.49. The van der Waals surface area contributed by atoms with Crippen molar-refractivity contribution in [1.82, 2.24) is 10.2 Å². The van der Waals surface area contributed by atoms with Gasteiger partial charge in [0.1, 0.15) is 5.75 Å². The van der Waals surface area contributed by atoms with Gasteiger partial charge in [0.25, 0.3) is 0 Å². The first-order valence-electron chi connectivity index (χ1n) is 10.6. The maximum atomic E-state index is 12.7. The quantitative estimate of drug-likeness (QED) is 0.524. The third-order valence-electron chi connectivity index (χ3n) is 5.09. The van der Waals surface area contributed by atoms with Gasteiger partial charge in [-0.05, 0) is 38.1 Å². The molecule has 0 saturated heterocycles. The van der Waals surface area contributed by atoms with Crippen LogP contribution >= 0.6 is 0 Å². The van der Waals surface area contributed by atoms with Gasteiger partial charge in [-0.25, -0.2) is 0 Å². The van der Waals surface area contributed by atoms with Gasteiger partial charge >= 0.3 is 0 Å². The Labute approximate surface area is 189 Å². The summed E-state index contributed by atoms with van der Waals surface area (Å²) in [4.78, 5) is 27.2.